The van der Waals surface area contributed by atoms with Crippen LogP contribution in [0, 0.1) is 0 Å². The van der Waals surface area contributed by atoms with Gasteiger partial charge in [-0.2, -0.15) is 0 Å². The molecule has 2 rings (SSSR count). The van der Waals surface area contributed by atoms with Crippen LogP contribution in [0.25, 0.3) is 0 Å². The fourth-order valence-corrected chi connectivity index (χ4v) is 3.93. The molecule has 0 spiro atoms. The van der Waals surface area contributed by atoms with Gasteiger partial charge in [0.25, 0.3) is 0 Å². The Balaban J connectivity index is 2.18. The largest absolute Gasteiger partial charge is 0.477 e. The molecule has 8 heteroatoms. The fraction of sp³-hybridized carbons (Fsp3) is 0.375. The van der Waals surface area contributed by atoms with Crippen LogP contribution in [0.1, 0.15) is 6.42 Å². The second kappa shape index (κ2) is 4.02. The molecule has 0 aromatic rings. The van der Waals surface area contributed by atoms with E-state index in [9.17, 15) is 14.4 Å². The number of primary amides is 1. The maximum atomic E-state index is 11.2. The van der Waals surface area contributed by atoms with Crippen LogP contribution in [0.15, 0.2) is 9.93 Å². The summed E-state index contributed by atoms with van der Waals surface area (Å²) in [5.74, 6) is -1.82. The van der Waals surface area contributed by atoms with Crippen LogP contribution in [-0.2, 0) is 14.4 Å². The molecule has 16 heavy (non-hydrogen) atoms. The summed E-state index contributed by atoms with van der Waals surface area (Å²) in [6.45, 7) is 0. The van der Waals surface area contributed by atoms with E-state index >= 15 is 0 Å². The Morgan fingerprint density at radius 1 is 1.62 bits per heavy atom. The number of thioether (sulfide) groups is 2. The summed E-state index contributed by atoms with van der Waals surface area (Å²) in [5.41, 5.74) is 4.97. The molecule has 2 aliphatic rings. The average Bonchev–Trinajstić information content (AvgIpc) is 2.47. The Kier molecular flexibility index (Phi) is 2.85. The van der Waals surface area contributed by atoms with Gasteiger partial charge in [-0.1, -0.05) is 11.8 Å². The lowest BCUT2D eigenvalue weighted by atomic mass is 10.2. The summed E-state index contributed by atoms with van der Waals surface area (Å²) in [7, 11) is 0. The lowest BCUT2D eigenvalue weighted by Gasteiger charge is -2.33. The quantitative estimate of drug-likeness (QED) is 0.677. The normalized spacial score (nSPS) is 23.1. The molecule has 0 aromatic carbocycles. The first kappa shape index (κ1) is 11.3. The molecule has 0 aliphatic carbocycles. The zero-order valence-electron chi connectivity index (χ0n) is 8.00. The number of aliphatic carboxylic acids is 1. The number of carbonyl (C=O) groups excluding carboxylic acids is 2. The van der Waals surface area contributed by atoms with Gasteiger partial charge < -0.3 is 10.8 Å². The number of carboxylic acid groups (broad SMARTS) is 1. The molecule has 2 amide bonds. The van der Waals surface area contributed by atoms with E-state index in [1.54, 1.807) is 0 Å². The van der Waals surface area contributed by atoms with Crippen LogP contribution in [-0.4, -0.2) is 38.9 Å². The molecule has 86 valence electrons. The molecule has 0 unspecified atom stereocenters. The van der Waals surface area contributed by atoms with Crippen molar-refractivity contribution >= 4 is 41.3 Å². The van der Waals surface area contributed by atoms with Crippen molar-refractivity contribution in [3.63, 3.8) is 0 Å². The molecule has 0 aromatic heterocycles. The van der Waals surface area contributed by atoms with E-state index in [2.05, 4.69) is 0 Å². The van der Waals surface area contributed by atoms with Gasteiger partial charge in [-0.25, -0.2) is 4.79 Å². The SMILES string of the molecule is NC(=O)CSC1=C(C(=O)O)N2C(=O)C[C@H]2S1. The van der Waals surface area contributed by atoms with Gasteiger partial charge in [0.1, 0.15) is 0 Å². The van der Waals surface area contributed by atoms with Crippen LogP contribution in [0.3, 0.4) is 0 Å². The van der Waals surface area contributed by atoms with Crippen LogP contribution in [0.4, 0.5) is 0 Å². The van der Waals surface area contributed by atoms with Crippen LogP contribution >= 0.6 is 23.5 Å². The van der Waals surface area contributed by atoms with Crippen molar-refractivity contribution in [1.82, 2.24) is 4.90 Å². The van der Waals surface area contributed by atoms with E-state index in [-0.39, 0.29) is 22.7 Å². The molecule has 1 fully saturated rings. The first-order valence-electron chi connectivity index (χ1n) is 4.38. The van der Waals surface area contributed by atoms with E-state index < -0.39 is 11.9 Å². The Bertz CT molecular complexity index is 420. The molecular formula is C8H8N2O4S2. The zero-order valence-corrected chi connectivity index (χ0v) is 9.64. The lowest BCUT2D eigenvalue weighted by Crippen LogP contribution is -2.48. The summed E-state index contributed by atoms with van der Waals surface area (Å²) in [6, 6.07) is 0. The molecule has 6 nitrogen and oxygen atoms in total. The highest BCUT2D eigenvalue weighted by molar-refractivity contribution is 8.23. The molecule has 0 radical (unpaired) electrons. The number of nitrogens with zero attached hydrogens (tertiary/aromatic N) is 1. The molecule has 0 bridgehead atoms. The highest BCUT2D eigenvalue weighted by Crippen LogP contribution is 2.50. The topological polar surface area (TPSA) is 101 Å². The van der Waals surface area contributed by atoms with Crippen molar-refractivity contribution < 1.29 is 19.5 Å². The minimum atomic E-state index is -1.14. The number of hydrogen-bond donors (Lipinski definition) is 2. The van der Waals surface area contributed by atoms with Crippen molar-refractivity contribution in [2.45, 2.75) is 11.8 Å². The van der Waals surface area contributed by atoms with Gasteiger partial charge in [0.05, 0.1) is 21.8 Å². The monoisotopic (exact) mass is 260 g/mol. The zero-order chi connectivity index (χ0) is 11.9. The number of fused-ring (bicyclic) bond motifs is 1. The third-order valence-electron chi connectivity index (χ3n) is 2.13. The maximum absolute atomic E-state index is 11.2. The summed E-state index contributed by atoms with van der Waals surface area (Å²) < 4.78 is 0.488. The van der Waals surface area contributed by atoms with Crippen molar-refractivity contribution in [2.75, 3.05) is 5.75 Å². The number of rotatable bonds is 4. The predicted octanol–water partition coefficient (Wildman–Crippen LogP) is -0.236. The van der Waals surface area contributed by atoms with Crippen LogP contribution in [0.2, 0.25) is 0 Å². The molecule has 0 saturated carbocycles. The number of β-lactam (4-membered cyclic amide) rings is 1. The van der Waals surface area contributed by atoms with E-state index in [0.29, 0.717) is 10.7 Å². The number of hydrogen-bond acceptors (Lipinski definition) is 5. The van der Waals surface area contributed by atoms with Crippen LogP contribution in [0.5, 0.6) is 0 Å². The summed E-state index contributed by atoms with van der Waals surface area (Å²) in [5, 5.41) is 8.88. The standard InChI is InChI=1S/C8H8N2O4S2/c9-3(11)2-15-8-6(7(13)14)10-4(12)1-5(10)16-8/h5H,1-2H2,(H2,9,11)(H,13,14)/t5-/m1/s1. The van der Waals surface area contributed by atoms with E-state index in [1.807, 2.05) is 0 Å². The van der Waals surface area contributed by atoms with Crippen molar-refractivity contribution in [2.24, 2.45) is 5.73 Å². The van der Waals surface area contributed by atoms with Crippen molar-refractivity contribution in [3.8, 4) is 0 Å². The third kappa shape index (κ3) is 1.78. The average molecular weight is 260 g/mol. The molecular weight excluding hydrogens is 252 g/mol. The predicted molar refractivity (Wildman–Crippen MR) is 59.2 cm³/mol. The Morgan fingerprint density at radius 3 is 2.81 bits per heavy atom. The van der Waals surface area contributed by atoms with Gasteiger partial charge in [-0.3, -0.25) is 14.5 Å². The number of amides is 2. The molecule has 2 heterocycles. The first-order valence-corrected chi connectivity index (χ1v) is 6.24. The molecule has 1 saturated heterocycles. The number of nitrogens with two attached hydrogens (primary N) is 1. The highest BCUT2D eigenvalue weighted by atomic mass is 32.2. The minimum absolute atomic E-state index is 0.0162. The minimum Gasteiger partial charge on any atom is -0.477 e. The second-order valence-corrected chi connectivity index (χ2v) is 5.67. The lowest BCUT2D eigenvalue weighted by molar-refractivity contribution is -0.145. The van der Waals surface area contributed by atoms with Gasteiger partial charge in [0.2, 0.25) is 11.8 Å². The summed E-state index contributed by atoms with van der Waals surface area (Å²) in [4.78, 5) is 34.1. The van der Waals surface area contributed by atoms with E-state index in [4.69, 9.17) is 10.8 Å². The van der Waals surface area contributed by atoms with E-state index in [1.165, 1.54) is 16.7 Å². The van der Waals surface area contributed by atoms with Gasteiger partial charge in [-0.15, -0.1) is 11.8 Å². The fourth-order valence-electron chi connectivity index (χ4n) is 1.46. The van der Waals surface area contributed by atoms with Crippen molar-refractivity contribution in [3.05, 3.63) is 9.93 Å². The first-order chi connectivity index (χ1) is 7.50. The second-order valence-electron chi connectivity index (χ2n) is 3.24. The van der Waals surface area contributed by atoms with Gasteiger partial charge in [0, 0.05) is 0 Å². The summed E-state index contributed by atoms with van der Waals surface area (Å²) >= 11 is 2.37. The highest BCUT2D eigenvalue weighted by Gasteiger charge is 2.48. The Labute approximate surface area is 99.2 Å². The van der Waals surface area contributed by atoms with Gasteiger partial charge >= 0.3 is 5.97 Å². The summed E-state index contributed by atoms with van der Waals surface area (Å²) in [6.07, 6.45) is 0.349. The maximum Gasteiger partial charge on any atom is 0.354 e. The van der Waals surface area contributed by atoms with E-state index in [0.717, 1.165) is 11.8 Å². The number of carbonyl (C=O) groups is 3. The molecule has 1 atom stereocenters. The molecule has 2 aliphatic heterocycles. The van der Waals surface area contributed by atoms with Gasteiger partial charge in [-0.05, 0) is 0 Å². The smallest absolute Gasteiger partial charge is 0.354 e. The third-order valence-corrected chi connectivity index (χ3v) is 4.71. The molecule has 3 N–H and O–H groups in total. The van der Waals surface area contributed by atoms with Crippen molar-refractivity contribution in [1.29, 1.82) is 0 Å². The number of carboxylic acids is 1. The van der Waals surface area contributed by atoms with Crippen LogP contribution < -0.4 is 5.73 Å². The van der Waals surface area contributed by atoms with Gasteiger partial charge in [0.15, 0.2) is 5.70 Å². The Hall–Kier alpha value is -1.15. The Morgan fingerprint density at radius 2 is 2.31 bits per heavy atom.